The predicted octanol–water partition coefficient (Wildman–Crippen LogP) is 3.24. The van der Waals surface area contributed by atoms with Gasteiger partial charge in [0.05, 0.1) is 0 Å². The summed E-state index contributed by atoms with van der Waals surface area (Å²) >= 11 is 1.33. The molecule has 114 valence electrons. The summed E-state index contributed by atoms with van der Waals surface area (Å²) < 4.78 is 5.31. The predicted molar refractivity (Wildman–Crippen MR) is 85.8 cm³/mol. The molecule has 0 spiro atoms. The molecule has 1 saturated carbocycles. The summed E-state index contributed by atoms with van der Waals surface area (Å²) in [6, 6.07) is 11.8. The van der Waals surface area contributed by atoms with Gasteiger partial charge in [0.1, 0.15) is 4.88 Å². The molecule has 1 aliphatic rings. The van der Waals surface area contributed by atoms with E-state index in [-0.39, 0.29) is 11.9 Å². The van der Waals surface area contributed by atoms with Gasteiger partial charge in [-0.1, -0.05) is 30.3 Å². The SMILES string of the molecule is CC(OC(=O)c1sccc1-c1ccccc1)C(=O)NC1CC1. The Morgan fingerprint density at radius 2 is 1.95 bits per heavy atom. The molecular formula is C17H17NO3S. The van der Waals surface area contributed by atoms with E-state index < -0.39 is 12.1 Å². The summed E-state index contributed by atoms with van der Waals surface area (Å²) in [5.74, 6) is -0.680. The molecule has 1 unspecified atom stereocenters. The van der Waals surface area contributed by atoms with E-state index in [4.69, 9.17) is 4.74 Å². The molecule has 0 aliphatic heterocycles. The van der Waals surface area contributed by atoms with Crippen molar-refractivity contribution in [3.05, 3.63) is 46.7 Å². The van der Waals surface area contributed by atoms with Gasteiger partial charge in [0, 0.05) is 11.6 Å². The van der Waals surface area contributed by atoms with Gasteiger partial charge >= 0.3 is 5.97 Å². The zero-order valence-electron chi connectivity index (χ0n) is 12.2. The standard InChI is InChI=1S/C17H17NO3S/c1-11(16(19)18-13-7-8-13)21-17(20)15-14(9-10-22-15)12-5-3-2-4-6-12/h2-6,9-11,13H,7-8H2,1H3,(H,18,19). The van der Waals surface area contributed by atoms with Crippen LogP contribution in [0.1, 0.15) is 29.4 Å². The average Bonchev–Trinajstić information content (AvgIpc) is 3.19. The smallest absolute Gasteiger partial charge is 0.349 e. The fourth-order valence-corrected chi connectivity index (χ4v) is 2.92. The quantitative estimate of drug-likeness (QED) is 0.862. The molecule has 1 N–H and O–H groups in total. The van der Waals surface area contributed by atoms with Gasteiger partial charge in [0.25, 0.3) is 5.91 Å². The lowest BCUT2D eigenvalue weighted by atomic mass is 10.1. The number of hydrogen-bond acceptors (Lipinski definition) is 4. The number of nitrogens with one attached hydrogen (secondary N) is 1. The van der Waals surface area contributed by atoms with Crippen LogP contribution in [-0.4, -0.2) is 24.0 Å². The second-order valence-corrected chi connectivity index (χ2v) is 6.28. The van der Waals surface area contributed by atoms with Gasteiger partial charge in [-0.15, -0.1) is 11.3 Å². The van der Waals surface area contributed by atoms with Crippen LogP contribution in [0.4, 0.5) is 0 Å². The van der Waals surface area contributed by atoms with Crippen molar-refractivity contribution in [1.82, 2.24) is 5.32 Å². The molecule has 1 amide bonds. The van der Waals surface area contributed by atoms with E-state index in [0.717, 1.165) is 24.0 Å². The van der Waals surface area contributed by atoms with E-state index in [1.807, 2.05) is 41.8 Å². The Morgan fingerprint density at radius 1 is 1.23 bits per heavy atom. The number of amides is 1. The molecule has 1 aliphatic carbocycles. The number of ether oxygens (including phenoxy) is 1. The van der Waals surface area contributed by atoms with Crippen LogP contribution in [0.25, 0.3) is 11.1 Å². The monoisotopic (exact) mass is 315 g/mol. The van der Waals surface area contributed by atoms with Crippen LogP contribution in [0.5, 0.6) is 0 Å². The number of benzene rings is 1. The minimum absolute atomic E-state index is 0.228. The normalized spacial score (nSPS) is 15.1. The second kappa shape index (κ2) is 6.32. The highest BCUT2D eigenvalue weighted by atomic mass is 32.1. The molecule has 22 heavy (non-hydrogen) atoms. The summed E-state index contributed by atoms with van der Waals surface area (Å²) in [6.45, 7) is 1.60. The summed E-state index contributed by atoms with van der Waals surface area (Å²) in [5.41, 5.74) is 1.80. The first-order chi connectivity index (χ1) is 10.6. The van der Waals surface area contributed by atoms with Crippen molar-refractivity contribution in [2.75, 3.05) is 0 Å². The van der Waals surface area contributed by atoms with Crippen molar-refractivity contribution in [3.8, 4) is 11.1 Å². The fourth-order valence-electron chi connectivity index (χ4n) is 2.13. The van der Waals surface area contributed by atoms with Gasteiger partial charge in [0.2, 0.25) is 0 Å². The Labute approximate surface area is 133 Å². The minimum atomic E-state index is -0.779. The van der Waals surface area contributed by atoms with Crippen molar-refractivity contribution < 1.29 is 14.3 Å². The van der Waals surface area contributed by atoms with E-state index >= 15 is 0 Å². The molecule has 1 atom stereocenters. The van der Waals surface area contributed by atoms with Crippen molar-refractivity contribution in [3.63, 3.8) is 0 Å². The molecule has 2 aromatic rings. The number of carbonyl (C=O) groups is 2. The van der Waals surface area contributed by atoms with Crippen LogP contribution in [-0.2, 0) is 9.53 Å². The maximum Gasteiger partial charge on any atom is 0.349 e. The molecule has 3 rings (SSSR count). The highest BCUT2D eigenvalue weighted by molar-refractivity contribution is 7.12. The molecule has 1 aromatic heterocycles. The number of thiophene rings is 1. The first kappa shape index (κ1) is 14.8. The zero-order valence-corrected chi connectivity index (χ0v) is 13.1. The van der Waals surface area contributed by atoms with Crippen LogP contribution in [0, 0.1) is 0 Å². The molecular weight excluding hydrogens is 298 g/mol. The number of carbonyl (C=O) groups excluding carboxylic acids is 2. The lowest BCUT2D eigenvalue weighted by Gasteiger charge is -2.13. The average molecular weight is 315 g/mol. The molecule has 4 nitrogen and oxygen atoms in total. The third-order valence-corrected chi connectivity index (χ3v) is 4.41. The maximum absolute atomic E-state index is 12.3. The highest BCUT2D eigenvalue weighted by Gasteiger charge is 2.28. The topological polar surface area (TPSA) is 55.4 Å². The van der Waals surface area contributed by atoms with Gasteiger partial charge in [0.15, 0.2) is 6.10 Å². The Hall–Kier alpha value is -2.14. The minimum Gasteiger partial charge on any atom is -0.448 e. The molecule has 0 radical (unpaired) electrons. The van der Waals surface area contributed by atoms with E-state index in [0.29, 0.717) is 4.88 Å². The van der Waals surface area contributed by atoms with Crippen molar-refractivity contribution in [1.29, 1.82) is 0 Å². The van der Waals surface area contributed by atoms with E-state index in [1.165, 1.54) is 11.3 Å². The van der Waals surface area contributed by atoms with E-state index in [2.05, 4.69) is 5.32 Å². The zero-order chi connectivity index (χ0) is 15.5. The largest absolute Gasteiger partial charge is 0.448 e. The lowest BCUT2D eigenvalue weighted by Crippen LogP contribution is -2.37. The molecule has 1 fully saturated rings. The van der Waals surface area contributed by atoms with Gasteiger partial charge < -0.3 is 10.1 Å². The van der Waals surface area contributed by atoms with Crippen LogP contribution < -0.4 is 5.32 Å². The second-order valence-electron chi connectivity index (χ2n) is 5.36. The van der Waals surface area contributed by atoms with Crippen molar-refractivity contribution in [2.24, 2.45) is 0 Å². The van der Waals surface area contributed by atoms with Crippen LogP contribution >= 0.6 is 11.3 Å². The Morgan fingerprint density at radius 3 is 2.64 bits per heavy atom. The summed E-state index contributed by atoms with van der Waals surface area (Å²) in [4.78, 5) is 24.7. The number of hydrogen-bond donors (Lipinski definition) is 1. The molecule has 1 aromatic carbocycles. The Bertz CT molecular complexity index is 676. The van der Waals surface area contributed by atoms with E-state index in [1.54, 1.807) is 6.92 Å². The summed E-state index contributed by atoms with van der Waals surface area (Å²) in [6.07, 6.45) is 1.24. The molecule has 0 bridgehead atoms. The molecule has 5 heteroatoms. The Kier molecular flexibility index (Phi) is 4.24. The van der Waals surface area contributed by atoms with Crippen molar-refractivity contribution >= 4 is 23.2 Å². The van der Waals surface area contributed by atoms with Gasteiger partial charge in [-0.2, -0.15) is 0 Å². The molecule has 1 heterocycles. The lowest BCUT2D eigenvalue weighted by molar-refractivity contribution is -0.129. The maximum atomic E-state index is 12.3. The summed E-state index contributed by atoms with van der Waals surface area (Å²) in [7, 11) is 0. The van der Waals surface area contributed by atoms with Crippen LogP contribution in [0.2, 0.25) is 0 Å². The van der Waals surface area contributed by atoms with Gasteiger partial charge in [-0.3, -0.25) is 4.79 Å². The number of esters is 1. The fraction of sp³-hybridized carbons (Fsp3) is 0.294. The third kappa shape index (κ3) is 3.36. The van der Waals surface area contributed by atoms with Crippen molar-refractivity contribution in [2.45, 2.75) is 31.9 Å². The first-order valence-electron chi connectivity index (χ1n) is 7.29. The van der Waals surface area contributed by atoms with Gasteiger partial charge in [-0.05, 0) is 36.8 Å². The number of rotatable bonds is 5. The Balaban J connectivity index is 1.70. The van der Waals surface area contributed by atoms with Gasteiger partial charge in [-0.25, -0.2) is 4.79 Å². The summed E-state index contributed by atoms with van der Waals surface area (Å²) in [5, 5.41) is 4.69. The van der Waals surface area contributed by atoms with Crippen LogP contribution in [0.15, 0.2) is 41.8 Å². The molecule has 0 saturated heterocycles. The highest BCUT2D eigenvalue weighted by Crippen LogP contribution is 2.29. The third-order valence-electron chi connectivity index (χ3n) is 3.51. The first-order valence-corrected chi connectivity index (χ1v) is 8.17. The van der Waals surface area contributed by atoms with E-state index in [9.17, 15) is 9.59 Å². The van der Waals surface area contributed by atoms with Crippen LogP contribution in [0.3, 0.4) is 0 Å².